The van der Waals surface area contributed by atoms with E-state index < -0.39 is 34.3 Å². The van der Waals surface area contributed by atoms with E-state index in [1.807, 2.05) is 13.8 Å². The Morgan fingerprint density at radius 3 is 2.27 bits per heavy atom. The largest absolute Gasteiger partial charge is 0.486 e. The van der Waals surface area contributed by atoms with E-state index in [9.17, 15) is 22.4 Å². The van der Waals surface area contributed by atoms with Crippen molar-refractivity contribution in [3.63, 3.8) is 0 Å². The molecule has 1 atom stereocenters. The molecule has 1 heterocycles. The van der Waals surface area contributed by atoms with Gasteiger partial charge in [-0.15, -0.1) is 0 Å². The maximum Gasteiger partial charge on any atom is 0.264 e. The molecule has 1 aliphatic heterocycles. The third-order valence-corrected chi connectivity index (χ3v) is 9.41. The lowest BCUT2D eigenvalue weighted by Crippen LogP contribution is -2.52. The maximum absolute atomic E-state index is 14.2. The number of carbonyl (C=O) groups excluding carboxylic acids is 2. The van der Waals surface area contributed by atoms with Gasteiger partial charge in [0.1, 0.15) is 31.6 Å². The van der Waals surface area contributed by atoms with E-state index in [1.165, 1.54) is 35.2 Å². The van der Waals surface area contributed by atoms with Crippen molar-refractivity contribution in [2.45, 2.75) is 44.7 Å². The lowest BCUT2D eigenvalue weighted by Gasteiger charge is -2.33. The summed E-state index contributed by atoms with van der Waals surface area (Å²) in [6, 6.07) is 12.8. The molecule has 0 aromatic heterocycles. The summed E-state index contributed by atoms with van der Waals surface area (Å²) in [6.45, 7) is 5.89. The number of amides is 2. The first kappa shape index (κ1) is 33.4. The zero-order valence-electron chi connectivity index (χ0n) is 24.6. The number of anilines is 1. The summed E-state index contributed by atoms with van der Waals surface area (Å²) in [7, 11) is -4.40. The molecular weight excluding hydrogens is 632 g/mol. The number of nitrogens with zero attached hydrogens (tertiary/aromatic N) is 2. The number of hydrogen-bond donors (Lipinski definition) is 1. The van der Waals surface area contributed by atoms with E-state index in [4.69, 9.17) is 32.7 Å². The van der Waals surface area contributed by atoms with Crippen LogP contribution in [-0.4, -0.2) is 57.5 Å². The molecule has 0 fully saturated rings. The minimum atomic E-state index is -4.40. The van der Waals surface area contributed by atoms with Crippen LogP contribution in [0.4, 0.5) is 10.1 Å². The monoisotopic (exact) mass is 665 g/mol. The quantitative estimate of drug-likeness (QED) is 0.267. The van der Waals surface area contributed by atoms with Gasteiger partial charge in [0.2, 0.25) is 11.8 Å². The minimum absolute atomic E-state index is 0.0509. The second-order valence-corrected chi connectivity index (χ2v) is 13.3. The van der Waals surface area contributed by atoms with Crippen molar-refractivity contribution < 1.29 is 31.9 Å². The van der Waals surface area contributed by atoms with E-state index in [0.29, 0.717) is 29.5 Å². The molecule has 0 aliphatic carbocycles. The minimum Gasteiger partial charge on any atom is -0.486 e. The fourth-order valence-electron chi connectivity index (χ4n) is 4.62. The molecule has 0 bridgehead atoms. The Hall–Kier alpha value is -3.54. The van der Waals surface area contributed by atoms with Gasteiger partial charge in [0, 0.05) is 19.2 Å². The number of nitrogens with one attached hydrogen (secondary N) is 1. The molecule has 9 nitrogen and oxygen atoms in total. The van der Waals surface area contributed by atoms with Crippen LogP contribution in [0.15, 0.2) is 65.6 Å². The third-order valence-electron chi connectivity index (χ3n) is 6.90. The molecule has 0 saturated carbocycles. The molecule has 0 radical (unpaired) electrons. The number of fused-ring (bicyclic) bond motifs is 1. The van der Waals surface area contributed by atoms with Crippen LogP contribution in [0, 0.1) is 11.7 Å². The van der Waals surface area contributed by atoms with Crippen LogP contribution >= 0.6 is 23.2 Å². The SMILES string of the molecule is CC[C@@H](C(=O)NCC(C)C)N(Cc1ccc(Cl)c(Cl)c1)C(=O)CN(c1ccc(F)cc1)S(=O)(=O)c1ccc2c(c1)OCCO2. The van der Waals surface area contributed by atoms with Crippen LogP contribution in [0.25, 0.3) is 0 Å². The Bertz CT molecular complexity index is 1600. The zero-order valence-corrected chi connectivity index (χ0v) is 26.9. The predicted molar refractivity (Wildman–Crippen MR) is 167 cm³/mol. The molecule has 1 aliphatic rings. The molecular formula is C31H34Cl2FN3O6S. The van der Waals surface area contributed by atoms with Gasteiger partial charge >= 0.3 is 0 Å². The van der Waals surface area contributed by atoms with Crippen molar-refractivity contribution in [1.29, 1.82) is 0 Å². The highest BCUT2D eigenvalue weighted by Crippen LogP contribution is 2.34. The highest BCUT2D eigenvalue weighted by molar-refractivity contribution is 7.92. The molecule has 2 amide bonds. The van der Waals surface area contributed by atoms with Crippen molar-refractivity contribution in [3.05, 3.63) is 82.1 Å². The summed E-state index contributed by atoms with van der Waals surface area (Å²) in [5.41, 5.74) is 0.646. The molecule has 13 heteroatoms. The van der Waals surface area contributed by atoms with E-state index in [1.54, 1.807) is 25.1 Å². The first-order valence-electron chi connectivity index (χ1n) is 14.1. The van der Waals surface area contributed by atoms with Crippen LogP contribution in [0.1, 0.15) is 32.8 Å². The van der Waals surface area contributed by atoms with Gasteiger partial charge in [-0.05, 0) is 66.4 Å². The summed E-state index contributed by atoms with van der Waals surface area (Å²) in [4.78, 5) is 28.7. The lowest BCUT2D eigenvalue weighted by molar-refractivity contribution is -0.140. The summed E-state index contributed by atoms with van der Waals surface area (Å²) in [5, 5.41) is 3.46. The highest BCUT2D eigenvalue weighted by Gasteiger charge is 2.34. The molecule has 236 valence electrons. The Balaban J connectivity index is 1.74. The van der Waals surface area contributed by atoms with Crippen molar-refractivity contribution in [1.82, 2.24) is 10.2 Å². The number of sulfonamides is 1. The standard InChI is InChI=1S/C31H34Cl2FN3O6S/c1-4-27(31(39)35-17-20(2)3)36(18-21-5-11-25(32)26(33)15-21)30(38)19-37(23-8-6-22(34)7-9-23)44(40,41)24-10-12-28-29(16-24)43-14-13-42-28/h5-12,15-16,20,27H,4,13-14,17-19H2,1-3H3,(H,35,39)/t27-/m0/s1. The van der Waals surface area contributed by atoms with Gasteiger partial charge in [0.05, 0.1) is 20.6 Å². The molecule has 3 aromatic rings. The molecule has 0 unspecified atom stereocenters. The van der Waals surface area contributed by atoms with Gasteiger partial charge in [-0.1, -0.05) is 50.0 Å². The molecule has 44 heavy (non-hydrogen) atoms. The number of rotatable bonds is 12. The number of halogens is 3. The molecule has 1 N–H and O–H groups in total. The molecule has 0 saturated heterocycles. The van der Waals surface area contributed by atoms with Crippen molar-refractivity contribution in [3.8, 4) is 11.5 Å². The lowest BCUT2D eigenvalue weighted by atomic mass is 10.1. The first-order valence-corrected chi connectivity index (χ1v) is 16.3. The highest BCUT2D eigenvalue weighted by atomic mass is 35.5. The van der Waals surface area contributed by atoms with Crippen LogP contribution in [-0.2, 0) is 26.2 Å². The average molecular weight is 667 g/mol. The number of hydrogen-bond acceptors (Lipinski definition) is 6. The van der Waals surface area contributed by atoms with Crippen LogP contribution < -0.4 is 19.1 Å². The fraction of sp³-hybridized carbons (Fsp3) is 0.355. The number of ether oxygens (including phenoxy) is 2. The van der Waals surface area contributed by atoms with Gasteiger partial charge in [0.15, 0.2) is 11.5 Å². The summed E-state index contributed by atoms with van der Waals surface area (Å²) in [5.74, 6) is -0.806. The number of carbonyl (C=O) groups is 2. The van der Waals surface area contributed by atoms with Crippen LogP contribution in [0.5, 0.6) is 11.5 Å². The van der Waals surface area contributed by atoms with Gasteiger partial charge in [-0.25, -0.2) is 12.8 Å². The smallest absolute Gasteiger partial charge is 0.264 e. The summed E-state index contributed by atoms with van der Waals surface area (Å²) >= 11 is 12.3. The molecule has 0 spiro atoms. The maximum atomic E-state index is 14.2. The third kappa shape index (κ3) is 7.94. The molecule has 4 rings (SSSR count). The summed E-state index contributed by atoms with van der Waals surface area (Å²) in [6.07, 6.45) is 0.252. The fourth-order valence-corrected chi connectivity index (χ4v) is 6.37. The van der Waals surface area contributed by atoms with E-state index in [-0.39, 0.29) is 52.8 Å². The van der Waals surface area contributed by atoms with Gasteiger partial charge in [-0.2, -0.15) is 0 Å². The van der Waals surface area contributed by atoms with Crippen LogP contribution in [0.2, 0.25) is 10.0 Å². The molecule has 3 aromatic carbocycles. The normalized spacial score (nSPS) is 13.3. The van der Waals surface area contributed by atoms with E-state index >= 15 is 0 Å². The van der Waals surface area contributed by atoms with E-state index in [0.717, 1.165) is 16.4 Å². The van der Waals surface area contributed by atoms with Gasteiger partial charge in [0.25, 0.3) is 10.0 Å². The second-order valence-electron chi connectivity index (χ2n) is 10.6. The van der Waals surface area contributed by atoms with Gasteiger partial charge in [-0.3, -0.25) is 13.9 Å². The Morgan fingerprint density at radius 2 is 1.64 bits per heavy atom. The Morgan fingerprint density at radius 1 is 0.955 bits per heavy atom. The van der Waals surface area contributed by atoms with Crippen molar-refractivity contribution in [2.24, 2.45) is 5.92 Å². The van der Waals surface area contributed by atoms with E-state index in [2.05, 4.69) is 5.32 Å². The first-order chi connectivity index (χ1) is 20.9. The zero-order chi connectivity index (χ0) is 32.0. The number of benzene rings is 3. The van der Waals surface area contributed by atoms with Gasteiger partial charge < -0.3 is 19.7 Å². The predicted octanol–water partition coefficient (Wildman–Crippen LogP) is 5.68. The summed E-state index contributed by atoms with van der Waals surface area (Å²) < 4.78 is 54.1. The van der Waals surface area contributed by atoms with Crippen LogP contribution in [0.3, 0.4) is 0 Å². The van der Waals surface area contributed by atoms with Crippen molar-refractivity contribution in [2.75, 3.05) is 30.6 Å². The van der Waals surface area contributed by atoms with Crippen molar-refractivity contribution >= 4 is 50.7 Å². The second kappa shape index (κ2) is 14.5. The topological polar surface area (TPSA) is 105 Å². The Kier molecular flexibility index (Phi) is 11.0. The average Bonchev–Trinajstić information content (AvgIpc) is 3.00. The Labute approximate surface area is 266 Å².